The van der Waals surface area contributed by atoms with E-state index < -0.39 is 0 Å². The number of imidazole rings is 1. The van der Waals surface area contributed by atoms with E-state index in [2.05, 4.69) is 20.3 Å². The minimum absolute atomic E-state index is 0.0881. The molecule has 3 aromatic heterocycles. The first-order valence-electron chi connectivity index (χ1n) is 7.85. The molecule has 0 radical (unpaired) electrons. The Labute approximate surface area is 148 Å². The van der Waals surface area contributed by atoms with Gasteiger partial charge in [-0.1, -0.05) is 6.07 Å². The summed E-state index contributed by atoms with van der Waals surface area (Å²) in [5, 5.41) is 2.95. The first kappa shape index (κ1) is 15.5. The molecule has 0 bridgehead atoms. The number of nitrogens with zero attached hydrogens (tertiary/aromatic N) is 4. The van der Waals surface area contributed by atoms with Crippen molar-refractivity contribution in [3.63, 3.8) is 0 Å². The van der Waals surface area contributed by atoms with Crippen molar-refractivity contribution in [1.82, 2.24) is 24.8 Å². The van der Waals surface area contributed by atoms with E-state index in [1.165, 1.54) is 11.3 Å². The summed E-state index contributed by atoms with van der Waals surface area (Å²) in [6.07, 6.45) is 5.37. The number of carbonyl (C=O) groups excluding carboxylic acids is 1. The third-order valence-corrected chi connectivity index (χ3v) is 4.63. The molecule has 124 valence electrons. The number of carbonyl (C=O) groups is 1. The topological polar surface area (TPSA) is 72.7 Å². The Morgan fingerprint density at radius 2 is 2.08 bits per heavy atom. The zero-order valence-electron chi connectivity index (χ0n) is 13.3. The lowest BCUT2D eigenvalue weighted by Crippen LogP contribution is -2.27. The lowest BCUT2D eigenvalue weighted by atomic mass is 10.2. The Hall–Kier alpha value is -3.06. The van der Waals surface area contributed by atoms with Gasteiger partial charge < -0.3 is 9.88 Å². The fourth-order valence-electron chi connectivity index (χ4n) is 2.61. The number of rotatable bonds is 5. The largest absolute Gasteiger partial charge is 0.350 e. The third kappa shape index (κ3) is 3.27. The van der Waals surface area contributed by atoms with E-state index >= 15 is 0 Å². The minimum Gasteiger partial charge on any atom is -0.350 e. The fraction of sp³-hybridized carbons (Fsp3) is 0.111. The van der Waals surface area contributed by atoms with Gasteiger partial charge in [-0.25, -0.2) is 9.97 Å². The maximum absolute atomic E-state index is 12.3. The minimum atomic E-state index is -0.0881. The van der Waals surface area contributed by atoms with Crippen LogP contribution >= 0.6 is 11.3 Å². The van der Waals surface area contributed by atoms with Gasteiger partial charge in [-0.15, -0.1) is 11.3 Å². The summed E-state index contributed by atoms with van der Waals surface area (Å²) in [6, 6.07) is 11.3. The van der Waals surface area contributed by atoms with E-state index in [4.69, 9.17) is 0 Å². The van der Waals surface area contributed by atoms with Gasteiger partial charge in [0, 0.05) is 37.2 Å². The Morgan fingerprint density at radius 1 is 1.12 bits per heavy atom. The first-order chi connectivity index (χ1) is 12.3. The van der Waals surface area contributed by atoms with Crippen molar-refractivity contribution in [2.24, 2.45) is 0 Å². The van der Waals surface area contributed by atoms with Crippen LogP contribution in [-0.2, 0) is 6.54 Å². The van der Waals surface area contributed by atoms with Crippen LogP contribution in [0.1, 0.15) is 10.4 Å². The number of nitrogens with one attached hydrogen (secondary N) is 1. The van der Waals surface area contributed by atoms with E-state index in [9.17, 15) is 4.79 Å². The Kier molecular flexibility index (Phi) is 4.22. The van der Waals surface area contributed by atoms with Crippen LogP contribution in [-0.4, -0.2) is 32.0 Å². The van der Waals surface area contributed by atoms with Crippen LogP contribution in [0, 0.1) is 0 Å². The normalized spacial score (nSPS) is 10.9. The highest BCUT2D eigenvalue weighted by molar-refractivity contribution is 7.16. The standard InChI is InChI=1S/C18H15N5OS/c24-18(13-4-5-14-16(11-13)25-12-22-14)21-8-10-23-9-7-20-17(23)15-3-1-2-6-19-15/h1-7,9,11-12H,8,10H2,(H,21,24). The Bertz CT molecular complexity index is 1010. The van der Waals surface area contributed by atoms with Crippen molar-refractivity contribution in [1.29, 1.82) is 0 Å². The smallest absolute Gasteiger partial charge is 0.251 e. The van der Waals surface area contributed by atoms with E-state index in [0.717, 1.165) is 21.7 Å². The molecule has 0 fully saturated rings. The predicted molar refractivity (Wildman–Crippen MR) is 97.4 cm³/mol. The van der Waals surface area contributed by atoms with Crippen LogP contribution in [0.5, 0.6) is 0 Å². The number of fused-ring (bicyclic) bond motifs is 1. The van der Waals surface area contributed by atoms with Crippen molar-refractivity contribution in [2.45, 2.75) is 6.54 Å². The monoisotopic (exact) mass is 349 g/mol. The number of hydrogen-bond acceptors (Lipinski definition) is 5. The third-order valence-electron chi connectivity index (χ3n) is 3.84. The van der Waals surface area contributed by atoms with E-state index in [0.29, 0.717) is 18.7 Å². The second kappa shape index (κ2) is 6.82. The second-order valence-electron chi connectivity index (χ2n) is 5.45. The molecule has 0 unspecified atom stereocenters. The molecule has 0 spiro atoms. The number of amides is 1. The van der Waals surface area contributed by atoms with Gasteiger partial charge in [0.2, 0.25) is 0 Å². The number of aromatic nitrogens is 4. The van der Waals surface area contributed by atoms with Crippen molar-refractivity contribution < 1.29 is 4.79 Å². The average molecular weight is 349 g/mol. The van der Waals surface area contributed by atoms with Crippen molar-refractivity contribution in [3.8, 4) is 11.5 Å². The molecular formula is C18H15N5OS. The van der Waals surface area contributed by atoms with Crippen LogP contribution in [0.25, 0.3) is 21.7 Å². The highest BCUT2D eigenvalue weighted by Gasteiger charge is 2.09. The van der Waals surface area contributed by atoms with E-state index in [-0.39, 0.29) is 5.91 Å². The molecule has 4 aromatic rings. The molecule has 0 aliphatic carbocycles. The quantitative estimate of drug-likeness (QED) is 0.601. The summed E-state index contributed by atoms with van der Waals surface area (Å²) in [5.41, 5.74) is 4.16. The van der Waals surface area contributed by atoms with Gasteiger partial charge in [-0.2, -0.15) is 0 Å². The lowest BCUT2D eigenvalue weighted by Gasteiger charge is -2.09. The van der Waals surface area contributed by atoms with Crippen molar-refractivity contribution in [3.05, 3.63) is 66.1 Å². The van der Waals surface area contributed by atoms with Gasteiger partial charge in [0.25, 0.3) is 5.91 Å². The van der Waals surface area contributed by atoms with Gasteiger partial charge in [0.15, 0.2) is 5.82 Å². The molecule has 0 saturated carbocycles. The summed E-state index contributed by atoms with van der Waals surface area (Å²) in [7, 11) is 0. The zero-order valence-corrected chi connectivity index (χ0v) is 14.1. The summed E-state index contributed by atoms with van der Waals surface area (Å²) in [5.74, 6) is 0.704. The van der Waals surface area contributed by atoms with Crippen LogP contribution in [0.4, 0.5) is 0 Å². The maximum atomic E-state index is 12.3. The molecule has 0 saturated heterocycles. The van der Waals surface area contributed by atoms with Crippen LogP contribution in [0.2, 0.25) is 0 Å². The molecular weight excluding hydrogens is 334 g/mol. The van der Waals surface area contributed by atoms with E-state index in [1.54, 1.807) is 24.0 Å². The molecule has 4 rings (SSSR count). The first-order valence-corrected chi connectivity index (χ1v) is 8.73. The van der Waals surface area contributed by atoms with Crippen LogP contribution in [0.15, 0.2) is 60.5 Å². The maximum Gasteiger partial charge on any atom is 0.251 e. The fourth-order valence-corrected chi connectivity index (χ4v) is 3.32. The molecule has 6 nitrogen and oxygen atoms in total. The molecule has 7 heteroatoms. The van der Waals surface area contributed by atoms with Crippen LogP contribution < -0.4 is 5.32 Å². The molecule has 0 aliphatic heterocycles. The lowest BCUT2D eigenvalue weighted by molar-refractivity contribution is 0.0952. The average Bonchev–Trinajstić information content (AvgIpc) is 3.31. The summed E-state index contributed by atoms with van der Waals surface area (Å²) < 4.78 is 2.99. The highest BCUT2D eigenvalue weighted by atomic mass is 32.1. The van der Waals surface area contributed by atoms with Crippen molar-refractivity contribution >= 4 is 27.5 Å². The van der Waals surface area contributed by atoms with Crippen LogP contribution in [0.3, 0.4) is 0 Å². The van der Waals surface area contributed by atoms with Gasteiger partial charge in [0.1, 0.15) is 5.69 Å². The van der Waals surface area contributed by atoms with Crippen molar-refractivity contribution in [2.75, 3.05) is 6.54 Å². The summed E-state index contributed by atoms with van der Waals surface area (Å²) >= 11 is 1.53. The Morgan fingerprint density at radius 3 is 2.96 bits per heavy atom. The summed E-state index contributed by atoms with van der Waals surface area (Å²) in [6.45, 7) is 1.14. The van der Waals surface area contributed by atoms with Gasteiger partial charge in [0.05, 0.1) is 15.7 Å². The predicted octanol–water partition coefficient (Wildman–Crippen LogP) is 2.98. The molecule has 1 aromatic carbocycles. The molecule has 1 amide bonds. The molecule has 25 heavy (non-hydrogen) atoms. The molecule has 3 heterocycles. The SMILES string of the molecule is O=C(NCCn1ccnc1-c1ccccn1)c1ccc2ncsc2c1. The Balaban J connectivity index is 1.41. The molecule has 0 atom stereocenters. The van der Waals surface area contributed by atoms with Gasteiger partial charge in [-0.05, 0) is 30.3 Å². The van der Waals surface area contributed by atoms with Gasteiger partial charge in [-0.3, -0.25) is 9.78 Å². The number of hydrogen-bond donors (Lipinski definition) is 1. The number of thiazole rings is 1. The summed E-state index contributed by atoms with van der Waals surface area (Å²) in [4.78, 5) is 25.2. The van der Waals surface area contributed by atoms with Gasteiger partial charge >= 0.3 is 0 Å². The highest BCUT2D eigenvalue weighted by Crippen LogP contribution is 2.19. The van der Waals surface area contributed by atoms with E-state index in [1.807, 2.05) is 41.1 Å². The zero-order chi connectivity index (χ0) is 17.1. The number of pyridine rings is 1. The number of benzene rings is 1. The second-order valence-corrected chi connectivity index (χ2v) is 6.34. The molecule has 0 aliphatic rings. The molecule has 1 N–H and O–H groups in total.